The Bertz CT molecular complexity index is 1270. The number of benzene rings is 2. The highest BCUT2D eigenvalue weighted by Crippen LogP contribution is 2.40. The number of hydrogen-bond acceptors (Lipinski definition) is 8. The number of aromatic hydroxyl groups is 1. The summed E-state index contributed by atoms with van der Waals surface area (Å²) in [6, 6.07) is 11.8. The fourth-order valence-corrected chi connectivity index (χ4v) is 4.92. The highest BCUT2D eigenvalue weighted by molar-refractivity contribution is 7.99. The molecule has 190 valence electrons. The number of phenols is 1. The largest absolute Gasteiger partial charge is 0.504 e. The van der Waals surface area contributed by atoms with E-state index in [1.165, 1.54) is 7.11 Å². The highest BCUT2D eigenvalue weighted by atomic mass is 32.2. The summed E-state index contributed by atoms with van der Waals surface area (Å²) < 4.78 is 12.8. The summed E-state index contributed by atoms with van der Waals surface area (Å²) in [4.78, 5) is 18.4. The van der Waals surface area contributed by atoms with Gasteiger partial charge in [-0.15, -0.1) is 5.10 Å². The number of carbonyl (C=O) groups excluding carboxylic acids is 1. The number of nitrogens with zero attached hydrogens (tertiary/aromatic N) is 3. The average Bonchev–Trinajstić information content (AvgIpc) is 3.27. The van der Waals surface area contributed by atoms with Crippen molar-refractivity contribution in [3.8, 4) is 17.2 Å². The molecule has 3 N–H and O–H groups in total. The molecular formula is C26H31N5O4S. The number of hydrogen-bond donors (Lipinski definition) is 3. The predicted octanol–water partition coefficient (Wildman–Crippen LogP) is 5.21. The third-order valence-corrected chi connectivity index (χ3v) is 6.69. The van der Waals surface area contributed by atoms with E-state index in [-0.39, 0.29) is 11.7 Å². The number of allylic oxidation sites excluding steroid dienone is 1. The molecule has 0 fully saturated rings. The molecule has 0 aliphatic carbocycles. The van der Waals surface area contributed by atoms with Crippen molar-refractivity contribution < 1.29 is 19.4 Å². The van der Waals surface area contributed by atoms with Crippen LogP contribution in [0, 0.1) is 0 Å². The first-order chi connectivity index (χ1) is 17.5. The molecule has 0 saturated carbocycles. The fourth-order valence-electron chi connectivity index (χ4n) is 4.01. The first kappa shape index (κ1) is 25.4. The van der Waals surface area contributed by atoms with Crippen LogP contribution in [0.15, 0.2) is 58.9 Å². The van der Waals surface area contributed by atoms with Crippen LogP contribution in [-0.2, 0) is 4.79 Å². The number of fused-ring (bicyclic) bond motifs is 1. The maximum absolute atomic E-state index is 13.8. The molecule has 3 aromatic rings. The van der Waals surface area contributed by atoms with E-state index in [1.807, 2.05) is 32.0 Å². The summed E-state index contributed by atoms with van der Waals surface area (Å²) >= 11 is 1.58. The predicted molar refractivity (Wildman–Crippen MR) is 141 cm³/mol. The summed E-state index contributed by atoms with van der Waals surface area (Å²) in [6.07, 6.45) is 2.15. The first-order valence-corrected chi connectivity index (χ1v) is 12.9. The highest BCUT2D eigenvalue weighted by Gasteiger charge is 2.35. The van der Waals surface area contributed by atoms with Crippen LogP contribution in [-0.4, -0.2) is 45.2 Å². The minimum absolute atomic E-state index is 0.0159. The van der Waals surface area contributed by atoms with Crippen molar-refractivity contribution >= 4 is 29.3 Å². The second-order valence-corrected chi connectivity index (χ2v) is 9.31. The van der Waals surface area contributed by atoms with E-state index in [4.69, 9.17) is 14.6 Å². The summed E-state index contributed by atoms with van der Waals surface area (Å²) in [5.41, 5.74) is 2.43. The SMILES string of the molecule is CCCCSc1nc2n(n1)C(c1ccc(O)c(OC)c1)C(C(=O)Nc1ccccc1OCC)=C(C)N2. The number of methoxy groups -OCH3 is 1. The number of thioether (sulfide) groups is 1. The Morgan fingerprint density at radius 1 is 1.22 bits per heavy atom. The van der Waals surface area contributed by atoms with Gasteiger partial charge in [-0.3, -0.25) is 4.79 Å². The van der Waals surface area contributed by atoms with Gasteiger partial charge in [0.15, 0.2) is 11.5 Å². The van der Waals surface area contributed by atoms with E-state index in [0.29, 0.717) is 46.2 Å². The van der Waals surface area contributed by atoms with E-state index in [1.54, 1.807) is 40.7 Å². The molecule has 1 aliphatic heterocycles. The molecule has 10 heteroatoms. The molecular weight excluding hydrogens is 478 g/mol. The fraction of sp³-hybridized carbons (Fsp3) is 0.346. The van der Waals surface area contributed by atoms with Crippen LogP contribution < -0.4 is 20.1 Å². The molecule has 0 bridgehead atoms. The number of unbranched alkanes of at least 4 members (excludes halogenated alkanes) is 1. The Labute approximate surface area is 214 Å². The molecule has 1 atom stereocenters. The van der Waals surface area contributed by atoms with Crippen LogP contribution in [0.3, 0.4) is 0 Å². The van der Waals surface area contributed by atoms with Gasteiger partial charge in [0.2, 0.25) is 11.1 Å². The average molecular weight is 510 g/mol. The third kappa shape index (κ3) is 5.28. The second kappa shape index (κ2) is 11.4. The molecule has 1 aromatic heterocycles. The van der Waals surface area contributed by atoms with Crippen molar-refractivity contribution in [2.75, 3.05) is 30.1 Å². The lowest BCUT2D eigenvalue weighted by atomic mass is 9.94. The number of nitrogens with one attached hydrogen (secondary N) is 2. The van der Waals surface area contributed by atoms with Crippen molar-refractivity contribution in [1.82, 2.24) is 14.8 Å². The van der Waals surface area contributed by atoms with Crippen LogP contribution in [0.25, 0.3) is 0 Å². The number of phenolic OH excluding ortho intramolecular Hbond substituents is 1. The molecule has 1 amide bonds. The van der Waals surface area contributed by atoms with Crippen molar-refractivity contribution in [3.63, 3.8) is 0 Å². The molecule has 1 unspecified atom stereocenters. The zero-order valence-electron chi connectivity index (χ0n) is 20.9. The van der Waals surface area contributed by atoms with Gasteiger partial charge in [-0.2, -0.15) is 4.98 Å². The number of rotatable bonds is 10. The van der Waals surface area contributed by atoms with Gasteiger partial charge in [0, 0.05) is 11.4 Å². The van der Waals surface area contributed by atoms with Gasteiger partial charge < -0.3 is 25.2 Å². The Hall–Kier alpha value is -3.66. The zero-order valence-corrected chi connectivity index (χ0v) is 21.7. The molecule has 0 saturated heterocycles. The van der Waals surface area contributed by atoms with Gasteiger partial charge in [-0.25, -0.2) is 4.68 Å². The van der Waals surface area contributed by atoms with Gasteiger partial charge in [-0.05, 0) is 50.1 Å². The van der Waals surface area contributed by atoms with Crippen molar-refractivity contribution in [2.24, 2.45) is 0 Å². The Balaban J connectivity index is 1.76. The molecule has 0 spiro atoms. The zero-order chi connectivity index (χ0) is 25.7. The summed E-state index contributed by atoms with van der Waals surface area (Å²) in [5, 5.41) is 21.8. The number of anilines is 2. The molecule has 0 radical (unpaired) electrons. The number of carbonyl (C=O) groups is 1. The van der Waals surface area contributed by atoms with Gasteiger partial charge >= 0.3 is 0 Å². The molecule has 36 heavy (non-hydrogen) atoms. The molecule has 9 nitrogen and oxygen atoms in total. The van der Waals surface area contributed by atoms with Crippen LogP contribution in [0.4, 0.5) is 11.6 Å². The summed E-state index contributed by atoms with van der Waals surface area (Å²) in [5.74, 6) is 2.08. The molecule has 1 aliphatic rings. The van der Waals surface area contributed by atoms with E-state index >= 15 is 0 Å². The number of para-hydroxylation sites is 2. The minimum Gasteiger partial charge on any atom is -0.504 e. The molecule has 4 rings (SSSR count). The van der Waals surface area contributed by atoms with Gasteiger partial charge in [-0.1, -0.05) is 43.3 Å². The van der Waals surface area contributed by atoms with E-state index in [9.17, 15) is 9.90 Å². The third-order valence-electron chi connectivity index (χ3n) is 5.76. The lowest BCUT2D eigenvalue weighted by Gasteiger charge is -2.29. The maximum atomic E-state index is 13.8. The summed E-state index contributed by atoms with van der Waals surface area (Å²) in [6.45, 7) is 6.36. The topological polar surface area (TPSA) is 111 Å². The first-order valence-electron chi connectivity index (χ1n) is 11.9. The monoisotopic (exact) mass is 509 g/mol. The smallest absolute Gasteiger partial charge is 0.255 e. The van der Waals surface area contributed by atoms with Crippen LogP contribution in [0.2, 0.25) is 0 Å². The number of ether oxygens (including phenoxy) is 2. The molecule has 2 aromatic carbocycles. The van der Waals surface area contributed by atoms with Crippen LogP contribution in [0.1, 0.15) is 45.2 Å². The quantitative estimate of drug-likeness (QED) is 0.252. The van der Waals surface area contributed by atoms with Crippen molar-refractivity contribution in [3.05, 3.63) is 59.3 Å². The Morgan fingerprint density at radius 2 is 2.03 bits per heavy atom. The van der Waals surface area contributed by atoms with Crippen molar-refractivity contribution in [1.29, 1.82) is 0 Å². The van der Waals surface area contributed by atoms with Gasteiger partial charge in [0.05, 0.1) is 25.0 Å². The minimum atomic E-state index is -0.594. The lowest BCUT2D eigenvalue weighted by molar-refractivity contribution is -0.113. The van der Waals surface area contributed by atoms with Crippen LogP contribution in [0.5, 0.6) is 17.2 Å². The second-order valence-electron chi connectivity index (χ2n) is 8.25. The standard InChI is InChI=1S/C26H31N5O4S/c1-5-7-14-36-26-29-25-27-16(3)22(24(33)28-18-10-8-9-11-20(18)35-6-2)23(31(25)30-26)17-12-13-19(32)21(15-17)34-4/h8-13,15,23,32H,5-7,14H2,1-4H3,(H,28,33)(H,27,29,30). The Kier molecular flexibility index (Phi) is 8.04. The Morgan fingerprint density at radius 3 is 2.78 bits per heavy atom. The van der Waals surface area contributed by atoms with Gasteiger partial charge in [0.1, 0.15) is 11.8 Å². The number of aromatic nitrogens is 3. The number of amides is 1. The normalized spacial score (nSPS) is 14.7. The molecule has 2 heterocycles. The van der Waals surface area contributed by atoms with E-state index < -0.39 is 6.04 Å². The maximum Gasteiger partial charge on any atom is 0.255 e. The van der Waals surface area contributed by atoms with Crippen LogP contribution >= 0.6 is 11.8 Å². The summed E-state index contributed by atoms with van der Waals surface area (Å²) in [7, 11) is 1.49. The lowest BCUT2D eigenvalue weighted by Crippen LogP contribution is -2.31. The van der Waals surface area contributed by atoms with Crippen molar-refractivity contribution in [2.45, 2.75) is 44.8 Å². The van der Waals surface area contributed by atoms with E-state index in [2.05, 4.69) is 22.5 Å². The van der Waals surface area contributed by atoms with Gasteiger partial charge in [0.25, 0.3) is 5.91 Å². The van der Waals surface area contributed by atoms with E-state index in [0.717, 1.165) is 24.2 Å².